The highest BCUT2D eigenvalue weighted by atomic mass is 16.5. The van der Waals surface area contributed by atoms with Crippen molar-refractivity contribution in [3.05, 3.63) is 196 Å². The van der Waals surface area contributed by atoms with Gasteiger partial charge in [-0.15, -0.1) is 0 Å². The molecule has 3 heterocycles. The lowest BCUT2D eigenvalue weighted by atomic mass is 9.66. The third-order valence-corrected chi connectivity index (χ3v) is 10.1. The Balaban J connectivity index is 1.16. The number of hydrogen-bond acceptors (Lipinski definition) is 5. The van der Waals surface area contributed by atoms with Crippen molar-refractivity contribution in [2.45, 2.75) is 17.7 Å². The van der Waals surface area contributed by atoms with E-state index in [0.717, 1.165) is 56.4 Å². The molecule has 3 aliphatic heterocycles. The summed E-state index contributed by atoms with van der Waals surface area (Å²) in [7, 11) is 0. The second-order valence-electron chi connectivity index (χ2n) is 12.6. The first-order chi connectivity index (χ1) is 23.8. The van der Waals surface area contributed by atoms with Crippen LogP contribution in [-0.4, -0.2) is 12.1 Å². The standard InChI is InChI=1S/C43H30N4O/c1-2-10-28(11-3-1)40-45-41(29-20-18-27(19-21-29)37-24-25-44-37)47-42(46-40)30-22-23-32-31-12-4-5-13-33(31)43(36(32)26-30)34-14-6-8-16-38(34)48-39-17-9-7-15-35(39)43/h1-26,40-41,45H,(H,46,47). The van der Waals surface area contributed by atoms with Gasteiger partial charge in [0, 0.05) is 28.5 Å². The smallest absolute Gasteiger partial charge is 0.132 e. The Morgan fingerprint density at radius 3 is 1.90 bits per heavy atom. The molecule has 4 aliphatic rings. The van der Waals surface area contributed by atoms with Crippen LogP contribution in [-0.2, 0) is 5.41 Å². The van der Waals surface area contributed by atoms with Crippen LogP contribution in [0.25, 0.3) is 16.8 Å². The van der Waals surface area contributed by atoms with Gasteiger partial charge in [0.05, 0.1) is 11.1 Å². The zero-order valence-corrected chi connectivity index (χ0v) is 26.0. The molecule has 2 unspecified atom stereocenters. The van der Waals surface area contributed by atoms with Gasteiger partial charge in [-0.2, -0.15) is 0 Å². The van der Waals surface area contributed by atoms with Gasteiger partial charge < -0.3 is 10.1 Å². The molecule has 0 amide bonds. The zero-order chi connectivity index (χ0) is 31.7. The molecule has 5 nitrogen and oxygen atoms in total. The maximum Gasteiger partial charge on any atom is 0.132 e. The summed E-state index contributed by atoms with van der Waals surface area (Å²) in [6.07, 6.45) is 3.48. The molecule has 1 aliphatic carbocycles. The van der Waals surface area contributed by atoms with Crippen LogP contribution in [0.5, 0.6) is 11.5 Å². The van der Waals surface area contributed by atoms with Gasteiger partial charge in [0.25, 0.3) is 0 Å². The number of nitrogens with zero attached hydrogens (tertiary/aromatic N) is 2. The summed E-state index contributed by atoms with van der Waals surface area (Å²) in [5, 5.41) is 7.51. The van der Waals surface area contributed by atoms with Crippen LogP contribution in [0.3, 0.4) is 0 Å². The number of ether oxygens (including phenoxy) is 1. The molecule has 1 spiro atoms. The lowest BCUT2D eigenvalue weighted by Crippen LogP contribution is -2.45. The molecule has 0 bridgehead atoms. The quantitative estimate of drug-likeness (QED) is 0.207. The number of hydrogen-bond donors (Lipinski definition) is 2. The van der Waals surface area contributed by atoms with Crippen molar-refractivity contribution < 1.29 is 4.74 Å². The molecule has 48 heavy (non-hydrogen) atoms. The van der Waals surface area contributed by atoms with Gasteiger partial charge in [-0.1, -0.05) is 127 Å². The summed E-state index contributed by atoms with van der Waals surface area (Å²) in [5.41, 5.74) is 12.2. The topological polar surface area (TPSA) is 58.0 Å². The monoisotopic (exact) mass is 618 g/mol. The number of benzene rings is 6. The number of para-hydroxylation sites is 2. The minimum absolute atomic E-state index is 0.133. The summed E-state index contributed by atoms with van der Waals surface area (Å²) >= 11 is 0. The van der Waals surface area contributed by atoms with Crippen LogP contribution in [0, 0.1) is 0 Å². The summed E-state index contributed by atoms with van der Waals surface area (Å²) in [6, 6.07) is 51.7. The molecule has 2 atom stereocenters. The average molecular weight is 619 g/mol. The highest BCUT2D eigenvalue weighted by Crippen LogP contribution is 2.62. The Hall–Kier alpha value is -6.04. The van der Waals surface area contributed by atoms with Crippen molar-refractivity contribution in [2.75, 3.05) is 0 Å². The predicted octanol–water partition coefficient (Wildman–Crippen LogP) is 8.92. The van der Waals surface area contributed by atoms with Crippen LogP contribution in [0.15, 0.2) is 162 Å². The lowest BCUT2D eigenvalue weighted by Gasteiger charge is -2.39. The van der Waals surface area contributed by atoms with E-state index in [1.54, 1.807) is 0 Å². The van der Waals surface area contributed by atoms with Crippen molar-refractivity contribution in [1.82, 2.24) is 10.6 Å². The van der Waals surface area contributed by atoms with E-state index < -0.39 is 5.41 Å². The molecule has 6 aromatic carbocycles. The molecule has 2 N–H and O–H groups in total. The maximum absolute atomic E-state index is 6.55. The van der Waals surface area contributed by atoms with Crippen molar-refractivity contribution in [1.29, 1.82) is 0 Å². The third kappa shape index (κ3) is 3.95. The Kier molecular flexibility index (Phi) is 5.92. The molecule has 10 rings (SSSR count). The molecule has 228 valence electrons. The van der Waals surface area contributed by atoms with Crippen LogP contribution in [0.2, 0.25) is 0 Å². The first-order valence-electron chi connectivity index (χ1n) is 16.4. The third-order valence-electron chi connectivity index (χ3n) is 10.1. The number of rotatable bonds is 4. The zero-order valence-electron chi connectivity index (χ0n) is 26.0. The summed E-state index contributed by atoms with van der Waals surface area (Å²) in [5.74, 6) is 2.63. The number of nitrogens with one attached hydrogen (secondary N) is 2. The number of fused-ring (bicyclic) bond motifs is 9. The molecule has 0 saturated carbocycles. The van der Waals surface area contributed by atoms with E-state index in [1.807, 2.05) is 12.3 Å². The van der Waals surface area contributed by atoms with E-state index in [9.17, 15) is 0 Å². The van der Waals surface area contributed by atoms with E-state index in [-0.39, 0.29) is 12.3 Å². The van der Waals surface area contributed by atoms with Gasteiger partial charge in [-0.3, -0.25) is 10.3 Å². The van der Waals surface area contributed by atoms with Crippen LogP contribution in [0.1, 0.15) is 56.8 Å². The summed E-state index contributed by atoms with van der Waals surface area (Å²) in [4.78, 5) is 9.70. The van der Waals surface area contributed by atoms with Gasteiger partial charge in [0.15, 0.2) is 0 Å². The number of amidine groups is 1. The van der Waals surface area contributed by atoms with Crippen molar-refractivity contribution >= 4 is 17.7 Å². The molecule has 0 saturated heterocycles. The van der Waals surface area contributed by atoms with Gasteiger partial charge >= 0.3 is 0 Å². The van der Waals surface area contributed by atoms with Crippen molar-refractivity contribution in [2.24, 2.45) is 9.98 Å². The van der Waals surface area contributed by atoms with Gasteiger partial charge in [-0.25, -0.2) is 4.99 Å². The molecule has 0 fully saturated rings. The summed E-state index contributed by atoms with van der Waals surface area (Å²) < 4.78 is 6.55. The molecule has 0 aromatic heterocycles. The Morgan fingerprint density at radius 2 is 1.19 bits per heavy atom. The lowest BCUT2D eigenvalue weighted by molar-refractivity contribution is 0.409. The van der Waals surface area contributed by atoms with Gasteiger partial charge in [0.2, 0.25) is 0 Å². The molecule has 0 radical (unpaired) electrons. The SMILES string of the molecule is C1=NC(c2ccc(C3N=C(c4ccc5c(c4)C4(c6ccccc6Oc6ccccc64)c4ccccc4-5)NC(c4ccccc4)N3)cc2)=C1. The van der Waals surface area contributed by atoms with E-state index in [0.29, 0.717) is 0 Å². The normalized spacial score (nSPS) is 19.0. The predicted molar refractivity (Wildman–Crippen MR) is 191 cm³/mol. The second-order valence-corrected chi connectivity index (χ2v) is 12.6. The summed E-state index contributed by atoms with van der Waals surface area (Å²) in [6.45, 7) is 0. The first-order valence-corrected chi connectivity index (χ1v) is 16.4. The van der Waals surface area contributed by atoms with Crippen LogP contribution < -0.4 is 15.4 Å². The fourth-order valence-electron chi connectivity index (χ4n) is 7.85. The van der Waals surface area contributed by atoms with Crippen LogP contribution in [0.4, 0.5) is 0 Å². The molecule has 6 aromatic rings. The van der Waals surface area contributed by atoms with Crippen LogP contribution >= 0.6 is 0 Å². The first kappa shape index (κ1) is 27.1. The minimum Gasteiger partial charge on any atom is -0.457 e. The highest BCUT2D eigenvalue weighted by molar-refractivity contribution is 6.02. The highest BCUT2D eigenvalue weighted by Gasteiger charge is 2.51. The Morgan fingerprint density at radius 1 is 0.562 bits per heavy atom. The average Bonchev–Trinajstić information content (AvgIpc) is 3.42. The largest absolute Gasteiger partial charge is 0.457 e. The van der Waals surface area contributed by atoms with Gasteiger partial charge in [0.1, 0.15) is 29.7 Å². The van der Waals surface area contributed by atoms with Crippen molar-refractivity contribution in [3.8, 4) is 22.6 Å². The van der Waals surface area contributed by atoms with E-state index >= 15 is 0 Å². The van der Waals surface area contributed by atoms with Crippen molar-refractivity contribution in [3.63, 3.8) is 0 Å². The second kappa shape index (κ2) is 10.5. The minimum atomic E-state index is -0.534. The molecule has 5 heteroatoms. The number of allylic oxidation sites excluding steroid dienone is 1. The Bertz CT molecular complexity index is 2290. The van der Waals surface area contributed by atoms with E-state index in [2.05, 4.69) is 161 Å². The van der Waals surface area contributed by atoms with E-state index in [4.69, 9.17) is 9.73 Å². The fraction of sp³-hybridized carbons (Fsp3) is 0.0698. The van der Waals surface area contributed by atoms with Gasteiger partial charge in [-0.05, 0) is 57.7 Å². The maximum atomic E-state index is 6.55. The number of aliphatic imine (C=N–C) groups is 2. The molecular weight excluding hydrogens is 589 g/mol. The molecular formula is C43H30N4O. The Labute approximate surface area is 279 Å². The van der Waals surface area contributed by atoms with E-state index in [1.165, 1.54) is 22.3 Å². The fourth-order valence-corrected chi connectivity index (χ4v) is 7.85.